The molecule has 6 heteroatoms. The van der Waals surface area contributed by atoms with Gasteiger partial charge in [0.1, 0.15) is 21.7 Å². The number of aliphatic hydroxyl groups excluding tert-OH is 1. The van der Waals surface area contributed by atoms with Crippen molar-refractivity contribution in [2.75, 3.05) is 6.26 Å². The number of sulfone groups is 1. The summed E-state index contributed by atoms with van der Waals surface area (Å²) in [4.78, 5) is 0. The lowest BCUT2D eigenvalue weighted by Crippen LogP contribution is -2.33. The number of aliphatic hydroxyl groups is 1. The van der Waals surface area contributed by atoms with Gasteiger partial charge in [-0.15, -0.1) is 0 Å². The fourth-order valence-corrected chi connectivity index (χ4v) is 4.04. The molecule has 0 radical (unpaired) electrons. The minimum atomic E-state index is -3.03. The van der Waals surface area contributed by atoms with Gasteiger partial charge in [0.05, 0.1) is 16.4 Å². The van der Waals surface area contributed by atoms with Gasteiger partial charge in [-0.3, -0.25) is 0 Å². The topological polar surface area (TPSA) is 63.6 Å². The number of halogens is 1. The minimum absolute atomic E-state index is 0.131. The molecule has 1 aliphatic carbocycles. The average molecular weight is 333 g/mol. The maximum atomic E-state index is 11.7. The molecular formula is C15H21ClO4S. The summed E-state index contributed by atoms with van der Waals surface area (Å²) in [6.45, 7) is 1.67. The second kappa shape index (κ2) is 6.55. The van der Waals surface area contributed by atoms with E-state index >= 15 is 0 Å². The summed E-state index contributed by atoms with van der Waals surface area (Å²) in [6, 6.07) is 5.18. The van der Waals surface area contributed by atoms with Crippen LogP contribution < -0.4 is 4.74 Å². The first-order valence-electron chi connectivity index (χ1n) is 7.10. The molecule has 0 aliphatic heterocycles. The molecule has 0 bridgehead atoms. The van der Waals surface area contributed by atoms with Gasteiger partial charge in [0.25, 0.3) is 0 Å². The second-order valence-corrected chi connectivity index (χ2v) is 8.46. The van der Waals surface area contributed by atoms with Crippen molar-refractivity contribution in [3.05, 3.63) is 28.8 Å². The van der Waals surface area contributed by atoms with Crippen LogP contribution in [0.5, 0.6) is 5.75 Å². The summed E-state index contributed by atoms with van der Waals surface area (Å²) in [7, 11) is -3.03. The fraction of sp³-hybridized carbons (Fsp3) is 0.600. The number of benzene rings is 1. The largest absolute Gasteiger partial charge is 0.489 e. The molecule has 4 nitrogen and oxygen atoms in total. The van der Waals surface area contributed by atoms with E-state index in [9.17, 15) is 13.5 Å². The highest BCUT2D eigenvalue weighted by atomic mass is 35.5. The van der Waals surface area contributed by atoms with Crippen LogP contribution in [0.2, 0.25) is 5.02 Å². The molecule has 2 rings (SSSR count). The third-order valence-corrected chi connectivity index (χ3v) is 5.85. The van der Waals surface area contributed by atoms with Crippen LogP contribution in [0.4, 0.5) is 0 Å². The number of ether oxygens (including phenoxy) is 1. The predicted octanol–water partition coefficient (Wildman–Crippen LogP) is 3.13. The molecule has 1 aromatic rings. The minimum Gasteiger partial charge on any atom is -0.489 e. The fourth-order valence-electron chi connectivity index (χ4n) is 2.65. The lowest BCUT2D eigenvalue weighted by molar-refractivity contribution is 0.156. The highest BCUT2D eigenvalue weighted by Gasteiger charge is 2.30. The van der Waals surface area contributed by atoms with Crippen molar-refractivity contribution in [3.63, 3.8) is 0 Å². The molecule has 1 fully saturated rings. The average Bonchev–Trinajstić information content (AvgIpc) is 2.40. The molecule has 0 heterocycles. The van der Waals surface area contributed by atoms with E-state index in [-0.39, 0.29) is 11.4 Å². The van der Waals surface area contributed by atoms with E-state index in [1.807, 2.05) is 0 Å². The Bertz CT molecular complexity index is 598. The van der Waals surface area contributed by atoms with Gasteiger partial charge in [0.2, 0.25) is 0 Å². The van der Waals surface area contributed by atoms with Gasteiger partial charge in [-0.1, -0.05) is 17.7 Å². The van der Waals surface area contributed by atoms with Crippen molar-refractivity contribution in [3.8, 4) is 5.75 Å². The monoisotopic (exact) mass is 332 g/mol. The first-order chi connectivity index (χ1) is 9.77. The van der Waals surface area contributed by atoms with Crippen LogP contribution in [0, 0.1) is 0 Å². The summed E-state index contributed by atoms with van der Waals surface area (Å²) < 4.78 is 29.2. The van der Waals surface area contributed by atoms with Crippen molar-refractivity contribution in [2.24, 2.45) is 0 Å². The second-order valence-electron chi connectivity index (χ2n) is 5.72. The van der Waals surface area contributed by atoms with Gasteiger partial charge in [0.15, 0.2) is 0 Å². The molecule has 0 amide bonds. The maximum absolute atomic E-state index is 11.7. The smallest absolute Gasteiger partial charge is 0.150 e. The summed E-state index contributed by atoms with van der Waals surface area (Å²) in [6.07, 6.45) is 3.45. The SMILES string of the molecule is C[C@@H](O)c1ccc(OC2CCCC(S(C)(=O)=O)C2)c(Cl)c1. The van der Waals surface area contributed by atoms with Gasteiger partial charge in [-0.05, 0) is 43.9 Å². The molecular weight excluding hydrogens is 312 g/mol. The highest BCUT2D eigenvalue weighted by molar-refractivity contribution is 7.91. The van der Waals surface area contributed by atoms with Crippen LogP contribution in [-0.4, -0.2) is 31.1 Å². The van der Waals surface area contributed by atoms with Crippen molar-refractivity contribution in [1.29, 1.82) is 0 Å². The molecule has 118 valence electrons. The zero-order chi connectivity index (χ0) is 15.6. The van der Waals surface area contributed by atoms with E-state index in [1.165, 1.54) is 6.26 Å². The Morgan fingerprint density at radius 3 is 2.67 bits per heavy atom. The Balaban J connectivity index is 2.08. The summed E-state index contributed by atoms with van der Waals surface area (Å²) >= 11 is 6.16. The Morgan fingerprint density at radius 2 is 2.10 bits per heavy atom. The molecule has 1 N–H and O–H groups in total. The van der Waals surface area contributed by atoms with Gasteiger partial charge >= 0.3 is 0 Å². The Hall–Kier alpha value is -0.780. The zero-order valence-corrected chi connectivity index (χ0v) is 13.8. The van der Waals surface area contributed by atoms with E-state index < -0.39 is 15.9 Å². The van der Waals surface area contributed by atoms with Crippen LogP contribution in [0.3, 0.4) is 0 Å². The standard InChI is InChI=1S/C15H21ClO4S/c1-10(17)11-6-7-15(14(16)8-11)20-12-4-3-5-13(9-12)21(2,18)19/h6-8,10,12-13,17H,3-5,9H2,1-2H3/t10-,12?,13?/m1/s1. The summed E-state index contributed by atoms with van der Waals surface area (Å²) in [5.41, 5.74) is 0.727. The molecule has 1 aromatic carbocycles. The molecule has 1 saturated carbocycles. The molecule has 2 unspecified atom stereocenters. The van der Waals surface area contributed by atoms with Crippen LogP contribution in [0.25, 0.3) is 0 Å². The molecule has 0 aromatic heterocycles. The molecule has 1 aliphatic rings. The van der Waals surface area contributed by atoms with Gasteiger partial charge in [-0.25, -0.2) is 8.42 Å². The van der Waals surface area contributed by atoms with E-state index in [2.05, 4.69) is 0 Å². The number of hydrogen-bond donors (Lipinski definition) is 1. The molecule has 0 spiro atoms. The molecule has 21 heavy (non-hydrogen) atoms. The Kier molecular flexibility index (Phi) is 5.17. The van der Waals surface area contributed by atoms with Crippen molar-refractivity contribution >= 4 is 21.4 Å². The van der Waals surface area contributed by atoms with Crippen molar-refractivity contribution in [1.82, 2.24) is 0 Å². The van der Waals surface area contributed by atoms with Crippen LogP contribution in [0.15, 0.2) is 18.2 Å². The zero-order valence-electron chi connectivity index (χ0n) is 12.3. The van der Waals surface area contributed by atoms with E-state index in [1.54, 1.807) is 25.1 Å². The van der Waals surface area contributed by atoms with Gasteiger partial charge in [0, 0.05) is 12.7 Å². The van der Waals surface area contributed by atoms with Crippen LogP contribution >= 0.6 is 11.6 Å². The number of rotatable bonds is 4. The summed E-state index contributed by atoms with van der Waals surface area (Å²) in [5.74, 6) is 0.542. The summed E-state index contributed by atoms with van der Waals surface area (Å²) in [5, 5.41) is 9.63. The van der Waals surface area contributed by atoms with Crippen molar-refractivity contribution < 1.29 is 18.3 Å². The quantitative estimate of drug-likeness (QED) is 0.920. The lowest BCUT2D eigenvalue weighted by Gasteiger charge is -2.28. The van der Waals surface area contributed by atoms with Gasteiger partial charge < -0.3 is 9.84 Å². The third kappa shape index (κ3) is 4.34. The first kappa shape index (κ1) is 16.6. The van der Waals surface area contributed by atoms with E-state index in [4.69, 9.17) is 16.3 Å². The van der Waals surface area contributed by atoms with Crippen LogP contribution in [-0.2, 0) is 9.84 Å². The normalized spacial score (nSPS) is 24.6. The molecule has 0 saturated heterocycles. The van der Waals surface area contributed by atoms with E-state index in [0.717, 1.165) is 18.4 Å². The highest BCUT2D eigenvalue weighted by Crippen LogP contribution is 2.32. The number of hydrogen-bond acceptors (Lipinski definition) is 4. The van der Waals surface area contributed by atoms with Crippen LogP contribution in [0.1, 0.15) is 44.3 Å². The predicted molar refractivity (Wildman–Crippen MR) is 83.6 cm³/mol. The van der Waals surface area contributed by atoms with E-state index in [0.29, 0.717) is 23.6 Å². The molecule has 3 atom stereocenters. The third-order valence-electron chi connectivity index (χ3n) is 3.92. The first-order valence-corrected chi connectivity index (χ1v) is 9.43. The Morgan fingerprint density at radius 1 is 1.38 bits per heavy atom. The van der Waals surface area contributed by atoms with Gasteiger partial charge in [-0.2, -0.15) is 0 Å². The van der Waals surface area contributed by atoms with Crippen molar-refractivity contribution in [2.45, 2.75) is 50.1 Å². The lowest BCUT2D eigenvalue weighted by atomic mass is 9.97. The maximum Gasteiger partial charge on any atom is 0.150 e. The Labute approximate surface area is 131 Å².